The SMILES string of the molecule is CC1CCCC(CNC(=O)NCC(C)(C)CCO)(N(C)C)C1. The molecular formula is C17H35N3O2. The molecule has 22 heavy (non-hydrogen) atoms. The van der Waals surface area contributed by atoms with Crippen LogP contribution in [0.15, 0.2) is 0 Å². The maximum atomic E-state index is 12.1. The second-order valence-corrected chi connectivity index (χ2v) is 7.99. The van der Waals surface area contributed by atoms with Crippen LogP contribution in [0, 0.1) is 11.3 Å². The minimum Gasteiger partial charge on any atom is -0.396 e. The van der Waals surface area contributed by atoms with Gasteiger partial charge in [-0.2, -0.15) is 0 Å². The van der Waals surface area contributed by atoms with Gasteiger partial charge >= 0.3 is 6.03 Å². The van der Waals surface area contributed by atoms with Crippen LogP contribution in [0.25, 0.3) is 0 Å². The summed E-state index contributed by atoms with van der Waals surface area (Å²) in [6, 6.07) is -0.106. The van der Waals surface area contributed by atoms with Gasteiger partial charge in [0, 0.05) is 25.2 Å². The standard InChI is InChI=1S/C17H35N3O2/c1-14-7-6-8-17(11-14,20(4)5)13-19-15(22)18-12-16(2,3)9-10-21/h14,21H,6-13H2,1-5H3,(H2,18,19,22). The first-order valence-corrected chi connectivity index (χ1v) is 8.51. The van der Waals surface area contributed by atoms with Crippen LogP contribution in [-0.4, -0.2) is 55.4 Å². The zero-order chi connectivity index (χ0) is 16.8. The fraction of sp³-hybridized carbons (Fsp3) is 0.941. The van der Waals surface area contributed by atoms with Gasteiger partial charge in [-0.05, 0) is 44.7 Å². The maximum absolute atomic E-state index is 12.1. The summed E-state index contributed by atoms with van der Waals surface area (Å²) in [6.45, 7) is 7.81. The summed E-state index contributed by atoms with van der Waals surface area (Å²) in [5, 5.41) is 15.0. The van der Waals surface area contributed by atoms with Crippen LogP contribution in [0.4, 0.5) is 4.79 Å². The van der Waals surface area contributed by atoms with Gasteiger partial charge in [0.15, 0.2) is 0 Å². The van der Waals surface area contributed by atoms with Crippen molar-refractivity contribution in [2.45, 2.75) is 58.4 Å². The van der Waals surface area contributed by atoms with Crippen LogP contribution in [-0.2, 0) is 0 Å². The van der Waals surface area contributed by atoms with Gasteiger partial charge < -0.3 is 20.6 Å². The molecule has 0 aliphatic heterocycles. The molecule has 0 spiro atoms. The number of urea groups is 1. The van der Waals surface area contributed by atoms with Crippen molar-refractivity contribution in [2.75, 3.05) is 33.8 Å². The molecule has 1 rings (SSSR count). The number of aliphatic hydroxyl groups excluding tert-OH is 1. The van der Waals surface area contributed by atoms with Gasteiger partial charge in [-0.15, -0.1) is 0 Å². The average Bonchev–Trinajstić information content (AvgIpc) is 2.43. The number of hydrogen-bond donors (Lipinski definition) is 3. The van der Waals surface area contributed by atoms with Crippen LogP contribution < -0.4 is 10.6 Å². The predicted octanol–water partition coefficient (Wildman–Crippen LogP) is 2.20. The summed E-state index contributed by atoms with van der Waals surface area (Å²) in [4.78, 5) is 14.4. The first-order valence-electron chi connectivity index (χ1n) is 8.51. The zero-order valence-corrected chi connectivity index (χ0v) is 15.0. The number of rotatable bonds is 7. The van der Waals surface area contributed by atoms with Crippen molar-refractivity contribution in [3.05, 3.63) is 0 Å². The Labute approximate surface area is 135 Å². The lowest BCUT2D eigenvalue weighted by atomic mass is 9.75. The molecule has 2 atom stereocenters. The van der Waals surface area contributed by atoms with E-state index in [9.17, 15) is 4.79 Å². The molecular weight excluding hydrogens is 278 g/mol. The summed E-state index contributed by atoms with van der Waals surface area (Å²) in [5.74, 6) is 0.712. The number of amides is 2. The highest BCUT2D eigenvalue weighted by Crippen LogP contribution is 2.35. The fourth-order valence-corrected chi connectivity index (χ4v) is 3.38. The first kappa shape index (κ1) is 19.2. The number of likely N-dealkylation sites (N-methyl/N-ethyl adjacent to an activating group) is 1. The molecule has 0 saturated heterocycles. The molecule has 130 valence electrons. The molecule has 5 nitrogen and oxygen atoms in total. The minimum atomic E-state index is -0.106. The van der Waals surface area contributed by atoms with E-state index in [2.05, 4.69) is 36.6 Å². The summed E-state index contributed by atoms with van der Waals surface area (Å²) in [5.41, 5.74) is 0.000298. The van der Waals surface area contributed by atoms with Gasteiger partial charge in [0.05, 0.1) is 0 Å². The fourth-order valence-electron chi connectivity index (χ4n) is 3.38. The highest BCUT2D eigenvalue weighted by atomic mass is 16.3. The Bertz CT molecular complexity index is 358. The van der Waals surface area contributed by atoms with Crippen molar-refractivity contribution < 1.29 is 9.90 Å². The molecule has 2 amide bonds. The van der Waals surface area contributed by atoms with Crippen LogP contribution in [0.2, 0.25) is 0 Å². The van der Waals surface area contributed by atoms with E-state index in [1.165, 1.54) is 12.8 Å². The molecule has 0 aromatic heterocycles. The number of nitrogens with zero attached hydrogens (tertiary/aromatic N) is 1. The summed E-state index contributed by atoms with van der Waals surface area (Å²) >= 11 is 0. The Morgan fingerprint density at radius 3 is 2.59 bits per heavy atom. The Balaban J connectivity index is 2.47. The highest BCUT2D eigenvalue weighted by Gasteiger charge is 2.37. The second-order valence-electron chi connectivity index (χ2n) is 7.99. The third kappa shape index (κ3) is 5.76. The zero-order valence-electron chi connectivity index (χ0n) is 15.0. The Hall–Kier alpha value is -0.810. The van der Waals surface area contributed by atoms with Crippen molar-refractivity contribution in [1.82, 2.24) is 15.5 Å². The van der Waals surface area contributed by atoms with Crippen molar-refractivity contribution in [2.24, 2.45) is 11.3 Å². The van der Waals surface area contributed by atoms with Crippen molar-refractivity contribution >= 4 is 6.03 Å². The van der Waals surface area contributed by atoms with Crippen molar-refractivity contribution in [3.63, 3.8) is 0 Å². The first-order chi connectivity index (χ1) is 10.2. The van der Waals surface area contributed by atoms with E-state index in [0.717, 1.165) is 12.8 Å². The van der Waals surface area contributed by atoms with E-state index in [-0.39, 0.29) is 23.6 Å². The topological polar surface area (TPSA) is 64.6 Å². The van der Waals surface area contributed by atoms with Crippen LogP contribution in [0.3, 0.4) is 0 Å². The molecule has 0 aromatic rings. The number of aliphatic hydroxyl groups is 1. The predicted molar refractivity (Wildman–Crippen MR) is 90.9 cm³/mol. The van der Waals surface area contributed by atoms with E-state index in [0.29, 0.717) is 25.4 Å². The Morgan fingerprint density at radius 1 is 1.36 bits per heavy atom. The van der Waals surface area contributed by atoms with Gasteiger partial charge in [0.1, 0.15) is 0 Å². The maximum Gasteiger partial charge on any atom is 0.314 e. The van der Waals surface area contributed by atoms with Gasteiger partial charge in [-0.25, -0.2) is 4.79 Å². The summed E-state index contributed by atoms with van der Waals surface area (Å²) < 4.78 is 0. The lowest BCUT2D eigenvalue weighted by Gasteiger charge is -2.45. The van der Waals surface area contributed by atoms with E-state index >= 15 is 0 Å². The van der Waals surface area contributed by atoms with E-state index in [4.69, 9.17) is 5.11 Å². The molecule has 0 aromatic carbocycles. The van der Waals surface area contributed by atoms with Crippen LogP contribution in [0.5, 0.6) is 0 Å². The van der Waals surface area contributed by atoms with Crippen LogP contribution >= 0.6 is 0 Å². The normalized spacial score (nSPS) is 26.0. The Morgan fingerprint density at radius 2 is 2.05 bits per heavy atom. The molecule has 0 heterocycles. The second kappa shape index (κ2) is 8.16. The molecule has 5 heteroatoms. The van der Waals surface area contributed by atoms with E-state index < -0.39 is 0 Å². The molecule has 1 aliphatic carbocycles. The third-order valence-corrected chi connectivity index (χ3v) is 5.11. The average molecular weight is 313 g/mol. The lowest BCUT2D eigenvalue weighted by molar-refractivity contribution is 0.0771. The van der Waals surface area contributed by atoms with Crippen molar-refractivity contribution in [1.29, 1.82) is 0 Å². The van der Waals surface area contributed by atoms with E-state index in [1.54, 1.807) is 0 Å². The highest BCUT2D eigenvalue weighted by molar-refractivity contribution is 5.73. The molecule has 0 radical (unpaired) electrons. The largest absolute Gasteiger partial charge is 0.396 e. The Kier molecular flexibility index (Phi) is 7.13. The number of nitrogens with one attached hydrogen (secondary N) is 2. The lowest BCUT2D eigenvalue weighted by Crippen LogP contribution is -2.56. The quantitative estimate of drug-likeness (QED) is 0.675. The van der Waals surface area contributed by atoms with Gasteiger partial charge in [-0.3, -0.25) is 0 Å². The van der Waals surface area contributed by atoms with E-state index in [1.807, 2.05) is 13.8 Å². The smallest absolute Gasteiger partial charge is 0.314 e. The van der Waals surface area contributed by atoms with Gasteiger partial charge in [0.25, 0.3) is 0 Å². The van der Waals surface area contributed by atoms with Crippen LogP contribution in [0.1, 0.15) is 52.9 Å². The summed E-state index contributed by atoms with van der Waals surface area (Å²) in [6.07, 6.45) is 5.48. The monoisotopic (exact) mass is 313 g/mol. The third-order valence-electron chi connectivity index (χ3n) is 5.11. The molecule has 1 fully saturated rings. The molecule has 1 saturated carbocycles. The number of hydrogen-bond acceptors (Lipinski definition) is 3. The number of carbonyl (C=O) groups is 1. The number of carbonyl (C=O) groups excluding carboxylic acids is 1. The summed E-state index contributed by atoms with van der Waals surface area (Å²) in [7, 11) is 4.23. The molecule has 2 unspecified atom stereocenters. The van der Waals surface area contributed by atoms with Gasteiger partial charge in [-0.1, -0.05) is 33.6 Å². The molecule has 0 bridgehead atoms. The molecule has 1 aliphatic rings. The molecule has 3 N–H and O–H groups in total. The van der Waals surface area contributed by atoms with Gasteiger partial charge in [0.2, 0.25) is 0 Å². The minimum absolute atomic E-state index is 0.0787. The van der Waals surface area contributed by atoms with Crippen molar-refractivity contribution in [3.8, 4) is 0 Å².